The Morgan fingerprint density at radius 1 is 1.12 bits per heavy atom. The SMILES string of the molecule is Cc1nn(C)cc1-c1cc(C(=O)Nc2ccncc2)c2ccccc2n1. The van der Waals surface area contributed by atoms with E-state index >= 15 is 0 Å². The molecule has 3 heterocycles. The van der Waals surface area contributed by atoms with Crippen molar-refractivity contribution in [3.63, 3.8) is 0 Å². The van der Waals surface area contributed by atoms with Gasteiger partial charge in [-0.3, -0.25) is 14.5 Å². The minimum atomic E-state index is -0.183. The summed E-state index contributed by atoms with van der Waals surface area (Å²) in [7, 11) is 1.87. The Morgan fingerprint density at radius 2 is 1.88 bits per heavy atom. The molecule has 128 valence electrons. The predicted octanol–water partition coefficient (Wildman–Crippen LogP) is 3.59. The van der Waals surface area contributed by atoms with E-state index in [-0.39, 0.29) is 5.91 Å². The number of rotatable bonds is 3. The molecule has 1 N–H and O–H groups in total. The molecule has 0 bridgehead atoms. The van der Waals surface area contributed by atoms with Gasteiger partial charge in [-0.1, -0.05) is 18.2 Å². The Morgan fingerprint density at radius 3 is 2.62 bits per heavy atom. The second-order valence-electron chi connectivity index (χ2n) is 6.06. The number of amides is 1. The van der Waals surface area contributed by atoms with Crippen molar-refractivity contribution >= 4 is 22.5 Å². The van der Waals surface area contributed by atoms with E-state index in [9.17, 15) is 4.79 Å². The monoisotopic (exact) mass is 343 g/mol. The van der Waals surface area contributed by atoms with Crippen LogP contribution in [0.5, 0.6) is 0 Å². The molecule has 0 unspecified atom stereocenters. The van der Waals surface area contributed by atoms with Crippen molar-refractivity contribution in [1.82, 2.24) is 19.7 Å². The van der Waals surface area contributed by atoms with Crippen molar-refractivity contribution in [3.05, 3.63) is 72.3 Å². The number of para-hydroxylation sites is 1. The molecule has 4 rings (SSSR count). The number of nitrogens with one attached hydrogen (secondary N) is 1. The molecule has 0 spiro atoms. The number of fused-ring (bicyclic) bond motifs is 1. The highest BCUT2D eigenvalue weighted by molar-refractivity contribution is 6.13. The molecule has 1 amide bonds. The fourth-order valence-corrected chi connectivity index (χ4v) is 2.99. The third kappa shape index (κ3) is 2.93. The minimum absolute atomic E-state index is 0.183. The largest absolute Gasteiger partial charge is 0.322 e. The maximum atomic E-state index is 12.9. The van der Waals surface area contributed by atoms with Gasteiger partial charge >= 0.3 is 0 Å². The van der Waals surface area contributed by atoms with E-state index < -0.39 is 0 Å². The van der Waals surface area contributed by atoms with Crippen LogP contribution in [0.15, 0.2) is 61.1 Å². The quantitative estimate of drug-likeness (QED) is 0.617. The molecule has 0 aliphatic rings. The summed E-state index contributed by atoms with van der Waals surface area (Å²) in [5, 5.41) is 8.11. The van der Waals surface area contributed by atoms with Gasteiger partial charge in [0.2, 0.25) is 0 Å². The lowest BCUT2D eigenvalue weighted by molar-refractivity contribution is 0.102. The number of benzene rings is 1. The van der Waals surface area contributed by atoms with Crippen molar-refractivity contribution < 1.29 is 4.79 Å². The van der Waals surface area contributed by atoms with E-state index in [0.717, 1.165) is 27.9 Å². The van der Waals surface area contributed by atoms with E-state index in [4.69, 9.17) is 4.98 Å². The van der Waals surface area contributed by atoms with Gasteiger partial charge in [-0.25, -0.2) is 4.98 Å². The van der Waals surface area contributed by atoms with E-state index in [0.29, 0.717) is 11.3 Å². The zero-order chi connectivity index (χ0) is 18.1. The number of pyridine rings is 2. The second-order valence-corrected chi connectivity index (χ2v) is 6.06. The molecule has 0 aliphatic heterocycles. The van der Waals surface area contributed by atoms with Crippen LogP contribution in [0, 0.1) is 6.92 Å². The van der Waals surface area contributed by atoms with Crippen LogP contribution in [0.1, 0.15) is 16.1 Å². The van der Waals surface area contributed by atoms with Crippen LogP contribution in [0.25, 0.3) is 22.2 Å². The van der Waals surface area contributed by atoms with E-state index in [1.54, 1.807) is 29.2 Å². The van der Waals surface area contributed by atoms with Crippen LogP contribution in [0.3, 0.4) is 0 Å². The molecule has 4 aromatic rings. The predicted molar refractivity (Wildman–Crippen MR) is 101 cm³/mol. The van der Waals surface area contributed by atoms with Gasteiger partial charge < -0.3 is 5.32 Å². The third-order valence-corrected chi connectivity index (χ3v) is 4.19. The first-order chi connectivity index (χ1) is 12.6. The lowest BCUT2D eigenvalue weighted by Gasteiger charge is -2.10. The topological polar surface area (TPSA) is 72.7 Å². The number of hydrogen-bond acceptors (Lipinski definition) is 4. The Hall–Kier alpha value is -3.54. The summed E-state index contributed by atoms with van der Waals surface area (Å²) in [4.78, 5) is 21.6. The zero-order valence-corrected chi connectivity index (χ0v) is 14.5. The molecule has 6 heteroatoms. The molecular weight excluding hydrogens is 326 g/mol. The van der Waals surface area contributed by atoms with Crippen LogP contribution in [-0.2, 0) is 7.05 Å². The number of carbonyl (C=O) groups is 1. The van der Waals surface area contributed by atoms with Gasteiger partial charge in [0.05, 0.1) is 22.5 Å². The molecule has 0 aliphatic carbocycles. The highest BCUT2D eigenvalue weighted by Crippen LogP contribution is 2.27. The maximum Gasteiger partial charge on any atom is 0.256 e. The first-order valence-electron chi connectivity index (χ1n) is 8.23. The summed E-state index contributed by atoms with van der Waals surface area (Å²) in [6.07, 6.45) is 5.20. The van der Waals surface area contributed by atoms with Crippen LogP contribution >= 0.6 is 0 Å². The van der Waals surface area contributed by atoms with E-state index in [1.807, 2.05) is 50.5 Å². The van der Waals surface area contributed by atoms with Crippen LogP contribution in [-0.4, -0.2) is 25.7 Å². The lowest BCUT2D eigenvalue weighted by Crippen LogP contribution is -2.13. The van der Waals surface area contributed by atoms with Crippen molar-refractivity contribution in [2.24, 2.45) is 7.05 Å². The number of aromatic nitrogens is 4. The average molecular weight is 343 g/mol. The smallest absolute Gasteiger partial charge is 0.256 e. The van der Waals surface area contributed by atoms with Crippen LogP contribution in [0.2, 0.25) is 0 Å². The van der Waals surface area contributed by atoms with Gasteiger partial charge in [0, 0.05) is 42.3 Å². The molecule has 3 aromatic heterocycles. The highest BCUT2D eigenvalue weighted by Gasteiger charge is 2.16. The normalized spacial score (nSPS) is 10.8. The molecular formula is C20H17N5O. The summed E-state index contributed by atoms with van der Waals surface area (Å²) in [5.41, 5.74) is 4.56. The standard InChI is InChI=1S/C20H17N5O/c1-13-17(12-25(2)24-13)19-11-16(15-5-3-4-6-18(15)23-19)20(26)22-14-7-9-21-10-8-14/h3-12H,1-2H3,(H,21,22,26). The summed E-state index contributed by atoms with van der Waals surface area (Å²) >= 11 is 0. The number of nitrogens with zero attached hydrogens (tertiary/aromatic N) is 4. The van der Waals surface area contributed by atoms with Crippen LogP contribution in [0.4, 0.5) is 5.69 Å². The first-order valence-corrected chi connectivity index (χ1v) is 8.23. The van der Waals surface area contributed by atoms with Gasteiger partial charge in [0.1, 0.15) is 0 Å². The molecule has 26 heavy (non-hydrogen) atoms. The van der Waals surface area contributed by atoms with Crippen molar-refractivity contribution in [1.29, 1.82) is 0 Å². The van der Waals surface area contributed by atoms with E-state index in [1.165, 1.54) is 0 Å². The van der Waals surface area contributed by atoms with E-state index in [2.05, 4.69) is 15.4 Å². The van der Waals surface area contributed by atoms with Crippen molar-refractivity contribution in [3.8, 4) is 11.3 Å². The molecule has 0 atom stereocenters. The number of carbonyl (C=O) groups excluding carboxylic acids is 1. The molecule has 6 nitrogen and oxygen atoms in total. The maximum absolute atomic E-state index is 12.9. The summed E-state index contributed by atoms with van der Waals surface area (Å²) < 4.78 is 1.75. The van der Waals surface area contributed by atoms with Gasteiger partial charge in [-0.05, 0) is 31.2 Å². The van der Waals surface area contributed by atoms with Gasteiger partial charge in [-0.2, -0.15) is 5.10 Å². The Bertz CT molecular complexity index is 1100. The minimum Gasteiger partial charge on any atom is -0.322 e. The van der Waals surface area contributed by atoms with Gasteiger partial charge in [0.15, 0.2) is 0 Å². The third-order valence-electron chi connectivity index (χ3n) is 4.19. The van der Waals surface area contributed by atoms with Gasteiger partial charge in [-0.15, -0.1) is 0 Å². The lowest BCUT2D eigenvalue weighted by atomic mass is 10.0. The molecule has 0 saturated carbocycles. The summed E-state index contributed by atoms with van der Waals surface area (Å²) in [6, 6.07) is 13.0. The first kappa shape index (κ1) is 16.0. The molecule has 1 aromatic carbocycles. The summed E-state index contributed by atoms with van der Waals surface area (Å²) in [6.45, 7) is 1.93. The fourth-order valence-electron chi connectivity index (χ4n) is 2.99. The Balaban J connectivity index is 1.85. The second kappa shape index (κ2) is 6.40. The Labute approximate surface area is 150 Å². The zero-order valence-electron chi connectivity index (χ0n) is 14.5. The molecule has 0 fully saturated rings. The highest BCUT2D eigenvalue weighted by atomic mass is 16.1. The van der Waals surface area contributed by atoms with Crippen molar-refractivity contribution in [2.45, 2.75) is 6.92 Å². The number of hydrogen-bond donors (Lipinski definition) is 1. The summed E-state index contributed by atoms with van der Waals surface area (Å²) in [5.74, 6) is -0.183. The Kier molecular flexibility index (Phi) is 3.93. The number of anilines is 1. The van der Waals surface area contributed by atoms with Gasteiger partial charge in [0.25, 0.3) is 5.91 Å². The number of aryl methyl sites for hydroxylation is 2. The molecule has 0 saturated heterocycles. The fraction of sp³-hybridized carbons (Fsp3) is 0.100. The van der Waals surface area contributed by atoms with Crippen LogP contribution < -0.4 is 5.32 Å². The molecule has 0 radical (unpaired) electrons. The van der Waals surface area contributed by atoms with Crippen molar-refractivity contribution in [2.75, 3.05) is 5.32 Å². The average Bonchev–Trinajstić information content (AvgIpc) is 2.99.